The van der Waals surface area contributed by atoms with Gasteiger partial charge >= 0.3 is 0 Å². The second kappa shape index (κ2) is 9.30. The molecule has 0 fully saturated rings. The minimum absolute atomic E-state index is 0.207. The number of thiazole rings is 1. The molecule has 0 atom stereocenters. The average molecular weight is 597 g/mol. The van der Waals surface area contributed by atoms with Gasteiger partial charge in [-0.05, 0) is 69.3 Å². The number of benzene rings is 4. The van der Waals surface area contributed by atoms with Gasteiger partial charge in [-0.25, -0.2) is 4.98 Å². The van der Waals surface area contributed by atoms with E-state index in [0.717, 1.165) is 46.2 Å². The van der Waals surface area contributed by atoms with Crippen molar-refractivity contribution < 1.29 is 4.79 Å². The van der Waals surface area contributed by atoms with Crippen LogP contribution in [-0.2, 0) is 0 Å². The summed E-state index contributed by atoms with van der Waals surface area (Å²) in [4.78, 5) is 17.8. The fourth-order valence-electron chi connectivity index (χ4n) is 3.60. The van der Waals surface area contributed by atoms with Crippen molar-refractivity contribution in [2.75, 3.05) is 5.32 Å². The Hall–Kier alpha value is -2.65. The highest BCUT2D eigenvalue weighted by molar-refractivity contribution is 9.11. The van der Waals surface area contributed by atoms with E-state index in [0.29, 0.717) is 5.56 Å². The van der Waals surface area contributed by atoms with E-state index >= 15 is 0 Å². The van der Waals surface area contributed by atoms with Crippen molar-refractivity contribution in [3.05, 3.63) is 93.4 Å². The zero-order valence-corrected chi connectivity index (χ0v) is 21.7. The van der Waals surface area contributed by atoms with Gasteiger partial charge in [-0.3, -0.25) is 10.1 Å². The lowest BCUT2D eigenvalue weighted by molar-refractivity contribution is 0.0979. The molecule has 5 aromatic rings. The second-order valence-electron chi connectivity index (χ2n) is 7.23. The Morgan fingerprint density at radius 3 is 2.55 bits per heavy atom. The van der Waals surface area contributed by atoms with Crippen LogP contribution in [0.25, 0.3) is 31.6 Å². The van der Waals surface area contributed by atoms with E-state index in [1.54, 1.807) is 17.4 Å². The van der Waals surface area contributed by atoms with Gasteiger partial charge in [0.2, 0.25) is 0 Å². The molecule has 0 aliphatic rings. The van der Waals surface area contributed by atoms with Crippen molar-refractivity contribution in [3.63, 3.8) is 0 Å². The van der Waals surface area contributed by atoms with Crippen molar-refractivity contribution in [2.24, 2.45) is 0 Å². The summed E-state index contributed by atoms with van der Waals surface area (Å²) in [7, 11) is 0. The SMILES string of the molecule is O=C(NC(=S)Nc1c(Br)cc(Br)cc1-c1nc2ccccc2s1)c1cccc2ccccc12. The third-order valence-electron chi connectivity index (χ3n) is 5.08. The van der Waals surface area contributed by atoms with E-state index in [2.05, 4.69) is 42.5 Å². The number of thiocarbonyl (C=S) groups is 1. The molecule has 33 heavy (non-hydrogen) atoms. The quantitative estimate of drug-likeness (QED) is 0.209. The highest BCUT2D eigenvalue weighted by Crippen LogP contribution is 2.40. The zero-order valence-electron chi connectivity index (χ0n) is 16.9. The van der Waals surface area contributed by atoms with E-state index in [-0.39, 0.29) is 11.0 Å². The predicted octanol–water partition coefficient (Wildman–Crippen LogP) is 7.77. The number of amides is 1. The third-order valence-corrected chi connectivity index (χ3v) is 7.44. The molecule has 8 heteroatoms. The summed E-state index contributed by atoms with van der Waals surface area (Å²) in [6.07, 6.45) is 0. The first-order valence-corrected chi connectivity index (χ1v) is 12.8. The number of anilines is 1. The summed E-state index contributed by atoms with van der Waals surface area (Å²) in [6, 6.07) is 25.3. The van der Waals surface area contributed by atoms with Crippen LogP contribution in [0, 0.1) is 0 Å². The normalized spacial score (nSPS) is 11.0. The molecule has 0 aliphatic heterocycles. The van der Waals surface area contributed by atoms with Crippen LogP contribution < -0.4 is 10.6 Å². The van der Waals surface area contributed by atoms with Gasteiger partial charge < -0.3 is 5.32 Å². The third kappa shape index (κ3) is 4.56. The number of hydrogen-bond donors (Lipinski definition) is 2. The first-order valence-electron chi connectivity index (χ1n) is 9.95. The molecule has 4 nitrogen and oxygen atoms in total. The molecule has 0 aliphatic carbocycles. The van der Waals surface area contributed by atoms with Gasteiger partial charge in [0.1, 0.15) is 5.01 Å². The fourth-order valence-corrected chi connectivity index (χ4v) is 6.10. The smallest absolute Gasteiger partial charge is 0.258 e. The number of nitrogens with one attached hydrogen (secondary N) is 2. The Kier molecular flexibility index (Phi) is 6.25. The number of fused-ring (bicyclic) bond motifs is 2. The Balaban J connectivity index is 1.45. The van der Waals surface area contributed by atoms with Crippen molar-refractivity contribution in [1.29, 1.82) is 0 Å². The number of rotatable bonds is 3. The molecule has 0 spiro atoms. The van der Waals surface area contributed by atoms with Crippen LogP contribution in [-0.4, -0.2) is 16.0 Å². The highest BCUT2D eigenvalue weighted by Gasteiger charge is 2.17. The second-order valence-corrected chi connectivity index (χ2v) is 10.4. The summed E-state index contributed by atoms with van der Waals surface area (Å²) in [5.74, 6) is -0.265. The molecular formula is C25H15Br2N3OS2. The minimum atomic E-state index is -0.265. The molecular weight excluding hydrogens is 582 g/mol. The van der Waals surface area contributed by atoms with Gasteiger partial charge in [-0.15, -0.1) is 11.3 Å². The van der Waals surface area contributed by atoms with Crippen LogP contribution >= 0.6 is 55.4 Å². The zero-order chi connectivity index (χ0) is 22.9. The van der Waals surface area contributed by atoms with Gasteiger partial charge in [0.25, 0.3) is 5.91 Å². The van der Waals surface area contributed by atoms with Crippen LogP contribution in [0.2, 0.25) is 0 Å². The van der Waals surface area contributed by atoms with Gasteiger partial charge in [-0.1, -0.05) is 64.5 Å². The topological polar surface area (TPSA) is 54.0 Å². The van der Waals surface area contributed by atoms with Crippen molar-refractivity contribution in [1.82, 2.24) is 10.3 Å². The van der Waals surface area contributed by atoms with E-state index in [9.17, 15) is 4.79 Å². The molecule has 1 aromatic heterocycles. The number of nitrogens with zero attached hydrogens (tertiary/aromatic N) is 1. The van der Waals surface area contributed by atoms with Crippen LogP contribution in [0.1, 0.15) is 10.4 Å². The maximum absolute atomic E-state index is 13.0. The molecule has 0 unspecified atom stereocenters. The van der Waals surface area contributed by atoms with Crippen molar-refractivity contribution in [3.8, 4) is 10.6 Å². The predicted molar refractivity (Wildman–Crippen MR) is 148 cm³/mol. The summed E-state index contributed by atoms with van der Waals surface area (Å²) < 4.78 is 2.80. The first-order chi connectivity index (χ1) is 16.0. The number of halogens is 2. The number of hydrogen-bond acceptors (Lipinski definition) is 4. The number of carbonyl (C=O) groups is 1. The lowest BCUT2D eigenvalue weighted by Gasteiger charge is -2.15. The minimum Gasteiger partial charge on any atom is -0.331 e. The number of aromatic nitrogens is 1. The van der Waals surface area contributed by atoms with Crippen LogP contribution in [0.4, 0.5) is 5.69 Å². The summed E-state index contributed by atoms with van der Waals surface area (Å²) in [6.45, 7) is 0. The molecule has 1 heterocycles. The average Bonchev–Trinajstić information content (AvgIpc) is 3.24. The van der Waals surface area contributed by atoms with Crippen LogP contribution in [0.15, 0.2) is 87.8 Å². The lowest BCUT2D eigenvalue weighted by Crippen LogP contribution is -2.34. The van der Waals surface area contributed by atoms with E-state index < -0.39 is 0 Å². The molecule has 0 saturated heterocycles. The van der Waals surface area contributed by atoms with Crippen LogP contribution in [0.5, 0.6) is 0 Å². The van der Waals surface area contributed by atoms with Crippen molar-refractivity contribution >= 4 is 93.1 Å². The molecule has 4 aromatic carbocycles. The van der Waals surface area contributed by atoms with Gasteiger partial charge in [0.15, 0.2) is 5.11 Å². The van der Waals surface area contributed by atoms with Gasteiger partial charge in [0.05, 0.1) is 15.9 Å². The molecule has 0 bridgehead atoms. The number of carbonyl (C=O) groups excluding carboxylic acids is 1. The molecule has 162 valence electrons. The van der Waals surface area contributed by atoms with Gasteiger partial charge in [-0.2, -0.15) is 0 Å². The Morgan fingerprint density at radius 2 is 1.70 bits per heavy atom. The molecule has 0 radical (unpaired) electrons. The largest absolute Gasteiger partial charge is 0.331 e. The van der Waals surface area contributed by atoms with Crippen molar-refractivity contribution in [2.45, 2.75) is 0 Å². The highest BCUT2D eigenvalue weighted by atomic mass is 79.9. The molecule has 1 amide bonds. The van der Waals surface area contributed by atoms with E-state index in [4.69, 9.17) is 17.2 Å². The Bertz CT molecular complexity index is 1510. The monoisotopic (exact) mass is 595 g/mol. The Morgan fingerprint density at radius 1 is 0.939 bits per heavy atom. The van der Waals surface area contributed by atoms with Crippen LogP contribution in [0.3, 0.4) is 0 Å². The molecule has 5 rings (SSSR count). The summed E-state index contributed by atoms with van der Waals surface area (Å²) in [5, 5.41) is 8.94. The fraction of sp³-hybridized carbons (Fsp3) is 0. The maximum Gasteiger partial charge on any atom is 0.258 e. The first kappa shape index (κ1) is 22.2. The lowest BCUT2D eigenvalue weighted by atomic mass is 10.0. The Labute approximate surface area is 216 Å². The molecule has 2 N–H and O–H groups in total. The summed E-state index contributed by atoms with van der Waals surface area (Å²) >= 11 is 14.3. The summed E-state index contributed by atoms with van der Waals surface area (Å²) in [5.41, 5.74) is 3.12. The maximum atomic E-state index is 13.0. The molecule has 0 saturated carbocycles. The standard InChI is InChI=1S/C25H15Br2N3OS2/c26-15-12-18(24-28-20-10-3-4-11-21(20)33-24)22(19(27)13-15)29-25(32)30-23(31)17-9-5-7-14-6-1-2-8-16(14)17/h1-13H,(H2,29,30,31,32). The van der Waals surface area contributed by atoms with E-state index in [1.807, 2.05) is 72.8 Å². The number of para-hydroxylation sites is 1. The van der Waals surface area contributed by atoms with E-state index in [1.165, 1.54) is 0 Å². The van der Waals surface area contributed by atoms with Gasteiger partial charge in [0, 0.05) is 20.1 Å².